The predicted octanol–water partition coefficient (Wildman–Crippen LogP) is 0.667. The number of hydrogen-bond donors (Lipinski definition) is 1. The second kappa shape index (κ2) is 5.29. The van der Waals surface area contributed by atoms with Gasteiger partial charge >= 0.3 is 0 Å². The van der Waals surface area contributed by atoms with Crippen LogP contribution in [0.4, 0.5) is 0 Å². The van der Waals surface area contributed by atoms with E-state index in [1.807, 2.05) is 5.38 Å². The van der Waals surface area contributed by atoms with Gasteiger partial charge in [0.2, 0.25) is 11.8 Å². The van der Waals surface area contributed by atoms with E-state index >= 15 is 0 Å². The van der Waals surface area contributed by atoms with E-state index in [2.05, 4.69) is 26.4 Å². The molecular formula is C14H16BN2O3S. The van der Waals surface area contributed by atoms with Gasteiger partial charge in [-0.25, -0.2) is 0 Å². The summed E-state index contributed by atoms with van der Waals surface area (Å²) in [5.74, 6) is -0.305. The standard InChI is InChI=1S/C14H16BN2O3S/c1-7(2)15-12-8-5-17(14(20)9(8)6-21-12)10-3-4-11(18)16-13(10)19/h6-7,10H,3-5H2,1-2H3,(H,16,18,19). The molecule has 1 atom stereocenters. The van der Waals surface area contributed by atoms with Gasteiger partial charge in [0, 0.05) is 18.3 Å². The first-order chi connectivity index (χ1) is 9.97. The van der Waals surface area contributed by atoms with Gasteiger partial charge in [0.25, 0.3) is 5.91 Å². The van der Waals surface area contributed by atoms with E-state index in [0.29, 0.717) is 24.3 Å². The van der Waals surface area contributed by atoms with Crippen LogP contribution in [0.5, 0.6) is 0 Å². The number of hydrogen-bond acceptors (Lipinski definition) is 4. The van der Waals surface area contributed by atoms with Gasteiger partial charge in [0.1, 0.15) is 6.04 Å². The molecule has 21 heavy (non-hydrogen) atoms. The van der Waals surface area contributed by atoms with Gasteiger partial charge in [0.05, 0.1) is 5.56 Å². The normalized spacial score (nSPS) is 21.8. The maximum atomic E-state index is 12.5. The highest BCUT2D eigenvalue weighted by Gasteiger charge is 2.40. The number of rotatable bonds is 3. The number of nitrogens with zero attached hydrogens (tertiary/aromatic N) is 1. The topological polar surface area (TPSA) is 66.5 Å². The Morgan fingerprint density at radius 3 is 2.81 bits per heavy atom. The van der Waals surface area contributed by atoms with E-state index in [1.165, 1.54) is 0 Å². The molecule has 3 amide bonds. The van der Waals surface area contributed by atoms with Gasteiger partial charge < -0.3 is 4.90 Å². The molecule has 2 aliphatic heterocycles. The predicted molar refractivity (Wildman–Crippen MR) is 80.9 cm³/mol. The third-order valence-corrected chi connectivity index (χ3v) is 4.81. The highest BCUT2D eigenvalue weighted by molar-refractivity contribution is 7.20. The zero-order valence-electron chi connectivity index (χ0n) is 12.0. The van der Waals surface area contributed by atoms with E-state index in [4.69, 9.17) is 0 Å². The zero-order valence-corrected chi connectivity index (χ0v) is 12.8. The van der Waals surface area contributed by atoms with Gasteiger partial charge in [-0.2, -0.15) is 11.3 Å². The van der Waals surface area contributed by atoms with Gasteiger partial charge in [-0.1, -0.05) is 19.7 Å². The minimum atomic E-state index is -0.528. The molecule has 1 aromatic heterocycles. The Hall–Kier alpha value is -1.63. The van der Waals surface area contributed by atoms with Crippen LogP contribution in [0, 0.1) is 0 Å². The van der Waals surface area contributed by atoms with Gasteiger partial charge in [-0.15, -0.1) is 0 Å². The molecule has 0 aliphatic carbocycles. The van der Waals surface area contributed by atoms with E-state index in [1.54, 1.807) is 16.2 Å². The summed E-state index contributed by atoms with van der Waals surface area (Å²) in [7, 11) is 2.14. The second-order valence-corrected chi connectivity index (χ2v) is 6.71. The van der Waals surface area contributed by atoms with Crippen LogP contribution in [0.25, 0.3) is 0 Å². The Morgan fingerprint density at radius 2 is 2.14 bits per heavy atom. The Morgan fingerprint density at radius 1 is 1.38 bits per heavy atom. The van der Waals surface area contributed by atoms with Crippen molar-refractivity contribution >= 4 is 41.1 Å². The number of nitrogens with one attached hydrogen (secondary N) is 1. The molecular weight excluding hydrogens is 287 g/mol. The molecule has 7 heteroatoms. The van der Waals surface area contributed by atoms with Crippen molar-refractivity contribution in [2.45, 2.75) is 45.1 Å². The van der Waals surface area contributed by atoms with Crippen LogP contribution in [0.15, 0.2) is 5.38 Å². The number of carbonyl (C=O) groups excluding carboxylic acids is 3. The minimum absolute atomic E-state index is 0.0980. The fourth-order valence-electron chi connectivity index (χ4n) is 2.81. The lowest BCUT2D eigenvalue weighted by Gasteiger charge is -2.29. The highest BCUT2D eigenvalue weighted by atomic mass is 32.1. The molecule has 1 fully saturated rings. The summed E-state index contributed by atoms with van der Waals surface area (Å²) in [6.45, 7) is 4.66. The van der Waals surface area contributed by atoms with Crippen molar-refractivity contribution in [2.75, 3.05) is 0 Å². The number of thiophene rings is 1. The number of fused-ring (bicyclic) bond motifs is 1. The molecule has 1 saturated heterocycles. The zero-order chi connectivity index (χ0) is 15.1. The van der Waals surface area contributed by atoms with Crippen molar-refractivity contribution in [3.8, 4) is 0 Å². The SMILES string of the molecule is CC(C)[B]c1scc2c1CN(C1CCC(=O)NC1=O)C2=O. The summed E-state index contributed by atoms with van der Waals surface area (Å²) >= 11 is 1.58. The number of carbonyl (C=O) groups is 3. The highest BCUT2D eigenvalue weighted by Crippen LogP contribution is 2.29. The lowest BCUT2D eigenvalue weighted by atomic mass is 9.64. The summed E-state index contributed by atoms with van der Waals surface area (Å²) in [5.41, 5.74) is 1.72. The van der Waals surface area contributed by atoms with E-state index < -0.39 is 6.04 Å². The van der Waals surface area contributed by atoms with Crippen LogP contribution in [0.3, 0.4) is 0 Å². The van der Waals surface area contributed by atoms with Crippen LogP contribution >= 0.6 is 11.3 Å². The number of piperidine rings is 1. The Labute approximate surface area is 127 Å². The van der Waals surface area contributed by atoms with Crippen molar-refractivity contribution in [3.05, 3.63) is 16.5 Å². The quantitative estimate of drug-likeness (QED) is 0.659. The minimum Gasteiger partial charge on any atom is -0.322 e. The van der Waals surface area contributed by atoms with E-state index in [-0.39, 0.29) is 24.1 Å². The van der Waals surface area contributed by atoms with Crippen LogP contribution in [0.2, 0.25) is 5.82 Å². The average Bonchev–Trinajstić information content (AvgIpc) is 2.92. The molecule has 3 rings (SSSR count). The lowest BCUT2D eigenvalue weighted by Crippen LogP contribution is -2.52. The Balaban J connectivity index is 1.82. The number of imide groups is 1. The molecule has 0 bridgehead atoms. The van der Waals surface area contributed by atoms with Crippen molar-refractivity contribution in [3.63, 3.8) is 0 Å². The average molecular weight is 303 g/mol. The summed E-state index contributed by atoms with van der Waals surface area (Å²) in [4.78, 5) is 37.2. The second-order valence-electron chi connectivity index (χ2n) is 5.80. The maximum Gasteiger partial charge on any atom is 0.256 e. The van der Waals surface area contributed by atoms with Crippen molar-refractivity contribution in [2.24, 2.45) is 0 Å². The molecule has 5 nitrogen and oxygen atoms in total. The maximum absolute atomic E-state index is 12.5. The van der Waals surface area contributed by atoms with Crippen molar-refractivity contribution in [1.82, 2.24) is 10.2 Å². The summed E-state index contributed by atoms with van der Waals surface area (Å²) < 4.78 is 1.11. The molecule has 1 unspecified atom stereocenters. The first-order valence-corrected chi connectivity index (χ1v) is 7.95. The molecule has 0 aromatic carbocycles. The van der Waals surface area contributed by atoms with Crippen LogP contribution in [-0.2, 0) is 16.1 Å². The third-order valence-electron chi connectivity index (χ3n) is 3.82. The third kappa shape index (κ3) is 2.50. The fourth-order valence-corrected chi connectivity index (χ4v) is 3.97. The molecule has 3 heterocycles. The van der Waals surface area contributed by atoms with Gasteiger partial charge in [-0.3, -0.25) is 19.7 Å². The number of amides is 3. The molecule has 109 valence electrons. The molecule has 0 saturated carbocycles. The van der Waals surface area contributed by atoms with Crippen molar-refractivity contribution < 1.29 is 14.4 Å². The van der Waals surface area contributed by atoms with Gasteiger partial charge in [0.15, 0.2) is 7.28 Å². The largest absolute Gasteiger partial charge is 0.322 e. The smallest absolute Gasteiger partial charge is 0.256 e. The van der Waals surface area contributed by atoms with E-state index in [9.17, 15) is 14.4 Å². The van der Waals surface area contributed by atoms with Crippen LogP contribution in [-0.4, -0.2) is 35.9 Å². The molecule has 0 spiro atoms. The lowest BCUT2D eigenvalue weighted by molar-refractivity contribution is -0.136. The summed E-state index contributed by atoms with van der Waals surface area (Å²) in [6, 6.07) is -0.528. The van der Waals surface area contributed by atoms with Crippen LogP contribution in [0.1, 0.15) is 42.6 Å². The van der Waals surface area contributed by atoms with Crippen molar-refractivity contribution in [1.29, 1.82) is 0 Å². The molecule has 1 aromatic rings. The monoisotopic (exact) mass is 303 g/mol. The molecule has 2 aliphatic rings. The van der Waals surface area contributed by atoms with Gasteiger partial charge in [-0.05, 0) is 16.8 Å². The fraction of sp³-hybridized carbons (Fsp3) is 0.500. The van der Waals surface area contributed by atoms with E-state index in [0.717, 1.165) is 10.3 Å². The first kappa shape index (κ1) is 14.3. The Kier molecular flexibility index (Phi) is 3.61. The van der Waals surface area contributed by atoms with Crippen LogP contribution < -0.4 is 10.1 Å². The molecule has 1 N–H and O–H groups in total. The summed E-state index contributed by atoms with van der Waals surface area (Å²) in [5, 5.41) is 4.19. The molecule has 1 radical (unpaired) electrons. The summed E-state index contributed by atoms with van der Waals surface area (Å²) in [6.07, 6.45) is 0.700. The first-order valence-electron chi connectivity index (χ1n) is 7.07. The Bertz CT molecular complexity index is 626.